The van der Waals surface area contributed by atoms with Crippen LogP contribution in [-0.4, -0.2) is 48.3 Å². The van der Waals surface area contributed by atoms with Gasteiger partial charge in [-0.2, -0.15) is 0 Å². The average Bonchev–Trinajstić information content (AvgIpc) is 2.98. The topological polar surface area (TPSA) is 79.0 Å². The van der Waals surface area contributed by atoms with Gasteiger partial charge in [0.15, 0.2) is 0 Å². The molecule has 0 aliphatic carbocycles. The van der Waals surface area contributed by atoms with Gasteiger partial charge in [-0.25, -0.2) is 4.79 Å². The minimum atomic E-state index is -1.22. The normalized spacial score (nSPS) is 18.3. The number of ether oxygens (including phenoxy) is 1. The molecule has 3 rings (SSSR count). The monoisotopic (exact) mass is 409 g/mol. The predicted octanol–water partition coefficient (Wildman–Crippen LogP) is 2.68. The van der Waals surface area contributed by atoms with Crippen LogP contribution in [0.4, 0.5) is 4.79 Å². The third kappa shape index (κ3) is 4.15. The number of hydrogen-bond acceptors (Lipinski definition) is 4. The van der Waals surface area contributed by atoms with Crippen LogP contribution in [0.15, 0.2) is 48.5 Å². The fourth-order valence-corrected chi connectivity index (χ4v) is 3.46. The lowest BCUT2D eigenvalue weighted by Gasteiger charge is -2.23. The number of nitrogens with zero attached hydrogens (tertiary/aromatic N) is 2. The first-order valence-corrected chi connectivity index (χ1v) is 9.89. The van der Waals surface area contributed by atoms with E-state index in [-0.39, 0.29) is 12.5 Å². The Labute approximate surface area is 176 Å². The number of urea groups is 1. The van der Waals surface area contributed by atoms with Gasteiger partial charge in [-0.1, -0.05) is 43.3 Å². The second kappa shape index (κ2) is 8.57. The number of rotatable bonds is 7. The molecule has 30 heavy (non-hydrogen) atoms. The van der Waals surface area contributed by atoms with Gasteiger partial charge >= 0.3 is 6.03 Å². The van der Waals surface area contributed by atoms with Crippen molar-refractivity contribution in [3.8, 4) is 5.75 Å². The molecule has 1 fully saturated rings. The first-order chi connectivity index (χ1) is 14.3. The molecule has 7 heteroatoms. The molecule has 1 unspecified atom stereocenters. The number of methoxy groups -OCH3 is 1. The molecule has 0 aromatic heterocycles. The SMILES string of the molecule is CCc1ccc(CN(C)C(=O)CN2C(=O)NC(C)(c3ccc(OC)cc3)C2=O)cc1. The summed E-state index contributed by atoms with van der Waals surface area (Å²) >= 11 is 0. The van der Waals surface area contributed by atoms with E-state index < -0.39 is 17.5 Å². The van der Waals surface area contributed by atoms with Crippen LogP contribution in [0.2, 0.25) is 0 Å². The lowest BCUT2D eigenvalue weighted by molar-refractivity contribution is -0.138. The number of nitrogens with one attached hydrogen (secondary N) is 1. The van der Waals surface area contributed by atoms with Crippen LogP contribution in [0.5, 0.6) is 5.75 Å². The predicted molar refractivity (Wildman–Crippen MR) is 113 cm³/mol. The summed E-state index contributed by atoms with van der Waals surface area (Å²) in [4.78, 5) is 40.7. The minimum Gasteiger partial charge on any atom is -0.497 e. The Morgan fingerprint density at radius 3 is 2.23 bits per heavy atom. The Morgan fingerprint density at radius 2 is 1.67 bits per heavy atom. The third-order valence-corrected chi connectivity index (χ3v) is 5.51. The lowest BCUT2D eigenvalue weighted by atomic mass is 9.92. The van der Waals surface area contributed by atoms with E-state index in [9.17, 15) is 14.4 Å². The van der Waals surface area contributed by atoms with Crippen molar-refractivity contribution in [2.24, 2.45) is 0 Å². The van der Waals surface area contributed by atoms with Gasteiger partial charge in [-0.05, 0) is 42.2 Å². The molecule has 158 valence electrons. The van der Waals surface area contributed by atoms with Gasteiger partial charge in [-0.3, -0.25) is 14.5 Å². The summed E-state index contributed by atoms with van der Waals surface area (Å²) in [6.45, 7) is 3.82. The fourth-order valence-electron chi connectivity index (χ4n) is 3.46. The zero-order chi connectivity index (χ0) is 21.9. The maximum absolute atomic E-state index is 13.0. The first kappa shape index (κ1) is 21.4. The zero-order valence-electron chi connectivity index (χ0n) is 17.8. The van der Waals surface area contributed by atoms with Crippen molar-refractivity contribution in [2.75, 3.05) is 20.7 Å². The van der Waals surface area contributed by atoms with E-state index >= 15 is 0 Å². The molecule has 7 nitrogen and oxygen atoms in total. The number of imide groups is 1. The maximum Gasteiger partial charge on any atom is 0.325 e. The molecule has 0 spiro atoms. The smallest absolute Gasteiger partial charge is 0.325 e. The summed E-state index contributed by atoms with van der Waals surface area (Å²) in [5.41, 5.74) is 1.62. The standard InChI is InChI=1S/C23H27N3O4/c1-5-16-6-8-17(9-7-16)14-25(3)20(27)15-26-21(28)23(2,24-22(26)29)18-10-12-19(30-4)13-11-18/h6-13H,5,14-15H2,1-4H3,(H,24,29). The molecule has 1 heterocycles. The van der Waals surface area contributed by atoms with Crippen LogP contribution < -0.4 is 10.1 Å². The Balaban J connectivity index is 1.68. The summed E-state index contributed by atoms with van der Waals surface area (Å²) < 4.78 is 5.14. The van der Waals surface area contributed by atoms with E-state index in [0.29, 0.717) is 17.9 Å². The van der Waals surface area contributed by atoms with Crippen molar-refractivity contribution >= 4 is 17.8 Å². The highest BCUT2D eigenvalue weighted by Crippen LogP contribution is 2.30. The van der Waals surface area contributed by atoms with E-state index in [2.05, 4.69) is 12.2 Å². The van der Waals surface area contributed by atoms with Crippen molar-refractivity contribution in [3.63, 3.8) is 0 Å². The Kier molecular flexibility index (Phi) is 6.10. The highest BCUT2D eigenvalue weighted by Gasteiger charge is 2.49. The van der Waals surface area contributed by atoms with Gasteiger partial charge < -0.3 is 15.0 Å². The Hall–Kier alpha value is -3.35. The number of carbonyl (C=O) groups is 3. The average molecular weight is 409 g/mol. The maximum atomic E-state index is 13.0. The quantitative estimate of drug-likeness (QED) is 0.713. The van der Waals surface area contributed by atoms with Crippen molar-refractivity contribution < 1.29 is 19.1 Å². The second-order valence-electron chi connectivity index (χ2n) is 7.59. The summed E-state index contributed by atoms with van der Waals surface area (Å²) in [5.74, 6) is -0.108. The molecule has 2 aromatic carbocycles. The van der Waals surface area contributed by atoms with Gasteiger partial charge in [0, 0.05) is 13.6 Å². The summed E-state index contributed by atoms with van der Waals surface area (Å²) in [6, 6.07) is 14.4. The molecule has 2 aromatic rings. The largest absolute Gasteiger partial charge is 0.497 e. The number of benzene rings is 2. The first-order valence-electron chi connectivity index (χ1n) is 9.89. The minimum absolute atomic E-state index is 0.306. The van der Waals surface area contributed by atoms with Crippen LogP contribution in [-0.2, 0) is 28.1 Å². The lowest BCUT2D eigenvalue weighted by Crippen LogP contribution is -2.43. The molecule has 0 bridgehead atoms. The van der Waals surface area contributed by atoms with E-state index in [4.69, 9.17) is 4.74 Å². The summed E-state index contributed by atoms with van der Waals surface area (Å²) in [7, 11) is 3.22. The third-order valence-electron chi connectivity index (χ3n) is 5.51. The molecule has 1 saturated heterocycles. The highest BCUT2D eigenvalue weighted by molar-refractivity contribution is 6.09. The molecule has 1 aliphatic rings. The van der Waals surface area contributed by atoms with Gasteiger partial charge in [-0.15, -0.1) is 0 Å². The number of carbonyl (C=O) groups excluding carboxylic acids is 3. The highest BCUT2D eigenvalue weighted by atomic mass is 16.5. The van der Waals surface area contributed by atoms with Gasteiger partial charge in [0.2, 0.25) is 5.91 Å². The van der Waals surface area contributed by atoms with Crippen LogP contribution in [0.25, 0.3) is 0 Å². The number of likely N-dealkylation sites (N-methyl/N-ethyl adjacent to an activating group) is 1. The van der Waals surface area contributed by atoms with Crippen molar-refractivity contribution in [3.05, 3.63) is 65.2 Å². The number of amides is 4. The van der Waals surface area contributed by atoms with Crippen LogP contribution in [0.1, 0.15) is 30.5 Å². The molecule has 1 N–H and O–H groups in total. The van der Waals surface area contributed by atoms with Gasteiger partial charge in [0.1, 0.15) is 17.8 Å². The van der Waals surface area contributed by atoms with Crippen LogP contribution >= 0.6 is 0 Å². The fraction of sp³-hybridized carbons (Fsp3) is 0.348. The molecular formula is C23H27N3O4. The van der Waals surface area contributed by atoms with Crippen molar-refractivity contribution in [1.29, 1.82) is 0 Å². The van der Waals surface area contributed by atoms with Crippen molar-refractivity contribution in [2.45, 2.75) is 32.4 Å². The van der Waals surface area contributed by atoms with Crippen LogP contribution in [0, 0.1) is 0 Å². The second-order valence-corrected chi connectivity index (χ2v) is 7.59. The van der Waals surface area contributed by atoms with Gasteiger partial charge in [0.25, 0.3) is 5.91 Å². The number of aryl methyl sites for hydroxylation is 1. The van der Waals surface area contributed by atoms with E-state index in [1.165, 1.54) is 10.5 Å². The zero-order valence-corrected chi connectivity index (χ0v) is 17.8. The van der Waals surface area contributed by atoms with E-state index in [0.717, 1.165) is 16.9 Å². The Morgan fingerprint density at radius 1 is 1.07 bits per heavy atom. The molecule has 1 atom stereocenters. The summed E-state index contributed by atoms with van der Waals surface area (Å²) in [6.07, 6.45) is 0.953. The van der Waals surface area contributed by atoms with Crippen LogP contribution in [0.3, 0.4) is 0 Å². The van der Waals surface area contributed by atoms with Gasteiger partial charge in [0.05, 0.1) is 7.11 Å². The van der Waals surface area contributed by atoms with E-state index in [1.807, 2.05) is 24.3 Å². The molecule has 0 saturated carbocycles. The molecule has 0 radical (unpaired) electrons. The molecular weight excluding hydrogens is 382 g/mol. The van der Waals surface area contributed by atoms with E-state index in [1.54, 1.807) is 45.3 Å². The summed E-state index contributed by atoms with van der Waals surface area (Å²) in [5, 5.41) is 2.72. The molecule has 4 amide bonds. The Bertz CT molecular complexity index is 940. The van der Waals surface area contributed by atoms with Crippen molar-refractivity contribution in [1.82, 2.24) is 15.1 Å². The molecule has 1 aliphatic heterocycles. The number of hydrogen-bond donors (Lipinski definition) is 1.